The van der Waals surface area contributed by atoms with E-state index < -0.39 is 205 Å². The highest BCUT2D eigenvalue weighted by atomic mass is 16.4. The van der Waals surface area contributed by atoms with Crippen molar-refractivity contribution in [2.45, 2.75) is 251 Å². The standard InChI is InChI=1S/C71H124N20O17/c1-11-41(9)57(91-63(101)46(25-17-19-29-73)84-70(108)58(42(10)12-2)90-60(98)44(74)23-20-30-79-71(77)78)69(107)80-36-55(94)81-49(32-39(5)6)64(102)87-51(34-43-21-14-13-15-22-43)66(104)88-52(35-56(95)96)67(105)83-47(26-27-54(75)93)62(100)86-50(33-40(7)8)65(103)89-53(37-92)68(106)82-45(24-16-18-28-72)61(99)85-48(59(76)97)31-38(3)4/h13-15,21-22,38-42,44-53,57-58,92H,11-12,16-20,23-37,72-74H2,1-10H3,(H2,75,93)(H2,76,97)(H,80,107)(H,81,94)(H,82,106)(H,83,105)(H,84,108)(H,85,99)(H,86,100)(H,87,102)(H,88,104)(H,89,103)(H,90,98)(H,91,101)(H,95,96)(H4,77,78,79)/t41-,42-,44-,45-,46-,47-,48-,49-,50-,51-,52-,53-,57-,58-/m0/s1. The molecule has 1 aromatic rings. The summed E-state index contributed by atoms with van der Waals surface area (Å²) in [7, 11) is 0. The number of nitrogens with two attached hydrogens (primary N) is 7. The van der Waals surface area contributed by atoms with Gasteiger partial charge in [-0.2, -0.15) is 0 Å². The van der Waals surface area contributed by atoms with E-state index in [9.17, 15) is 82.1 Å². The van der Waals surface area contributed by atoms with Crippen LogP contribution in [0, 0.1) is 29.6 Å². The molecule has 0 aliphatic carbocycles. The molecule has 14 atom stereocenters. The van der Waals surface area contributed by atoms with Crippen molar-refractivity contribution >= 4 is 94.6 Å². The zero-order valence-corrected chi connectivity index (χ0v) is 64.3. The summed E-state index contributed by atoms with van der Waals surface area (Å²) in [4.78, 5) is 209. The molecule has 610 valence electrons. The number of carbonyl (C=O) groups is 15. The third-order valence-corrected chi connectivity index (χ3v) is 17.6. The van der Waals surface area contributed by atoms with E-state index >= 15 is 0 Å². The van der Waals surface area contributed by atoms with Crippen molar-refractivity contribution in [1.29, 1.82) is 0 Å². The number of hydrogen-bond donors (Lipinski definition) is 21. The van der Waals surface area contributed by atoms with Crippen LogP contribution in [0.5, 0.6) is 0 Å². The molecule has 1 aromatic carbocycles. The lowest BCUT2D eigenvalue weighted by molar-refractivity contribution is -0.141. The third-order valence-electron chi connectivity index (χ3n) is 17.6. The predicted octanol–water partition coefficient (Wildman–Crippen LogP) is -4.23. The molecule has 14 amide bonds. The van der Waals surface area contributed by atoms with Gasteiger partial charge in [0.05, 0.1) is 25.6 Å². The summed E-state index contributed by atoms with van der Waals surface area (Å²) in [5.41, 5.74) is 39.9. The fourth-order valence-electron chi connectivity index (χ4n) is 11.1. The molecule has 0 unspecified atom stereocenters. The Morgan fingerprint density at radius 1 is 0.435 bits per heavy atom. The number of carboxylic acids is 1. The van der Waals surface area contributed by atoms with Gasteiger partial charge in [-0.1, -0.05) is 112 Å². The van der Waals surface area contributed by atoms with E-state index in [0.717, 1.165) is 0 Å². The van der Waals surface area contributed by atoms with Crippen LogP contribution in [-0.2, 0) is 78.3 Å². The molecular weight excluding hydrogens is 1400 g/mol. The number of hydrogen-bond acceptors (Lipinski definition) is 20. The van der Waals surface area contributed by atoms with Gasteiger partial charge in [-0.15, -0.1) is 0 Å². The van der Waals surface area contributed by atoms with Crippen LogP contribution in [0.15, 0.2) is 35.3 Å². The molecule has 0 spiro atoms. The minimum absolute atomic E-state index is 0.0299. The second kappa shape index (κ2) is 51.6. The van der Waals surface area contributed by atoms with E-state index in [1.54, 1.807) is 92.6 Å². The zero-order chi connectivity index (χ0) is 81.9. The van der Waals surface area contributed by atoms with Crippen molar-refractivity contribution in [3.8, 4) is 0 Å². The van der Waals surface area contributed by atoms with E-state index in [1.807, 2.05) is 6.92 Å². The fraction of sp³-hybridized carbons (Fsp3) is 0.690. The number of guanidine groups is 1. The first-order valence-electron chi connectivity index (χ1n) is 37.1. The van der Waals surface area contributed by atoms with E-state index in [1.165, 1.54) is 0 Å². The number of rotatable bonds is 55. The Morgan fingerprint density at radius 3 is 1.31 bits per heavy atom. The number of nitrogens with one attached hydrogen (secondary N) is 12. The van der Waals surface area contributed by atoms with E-state index in [4.69, 9.17) is 40.1 Å². The Kier molecular flexibility index (Phi) is 46.1. The van der Waals surface area contributed by atoms with Crippen molar-refractivity contribution in [3.05, 3.63) is 35.9 Å². The molecule has 0 aliphatic heterocycles. The third kappa shape index (κ3) is 38.3. The SMILES string of the molecule is CC[C@H](C)[C@H](NC(=O)[C@H](CCCCN)NC(=O)[C@@H](NC(=O)[C@@H](N)CCCN=C(N)N)[C@@H](C)CC)C(=O)NCC(=O)N[C@@H](CC(C)C)C(=O)N[C@@H](Cc1ccccc1)C(=O)N[C@@H](CC(=O)O)C(=O)N[C@@H](CCC(N)=O)C(=O)N[C@@H](CC(C)C)C(=O)N[C@@H](CO)C(=O)N[C@@H](CCCCN)C(=O)N[C@@H](CC(C)C)C(N)=O. The van der Waals surface area contributed by atoms with Gasteiger partial charge in [0.2, 0.25) is 82.7 Å². The number of aliphatic imine (C=N–C) groups is 1. The molecule has 0 saturated carbocycles. The summed E-state index contributed by atoms with van der Waals surface area (Å²) in [5.74, 6) is -16.3. The quantitative estimate of drug-likeness (QED) is 0.0167. The van der Waals surface area contributed by atoms with E-state index in [0.29, 0.717) is 50.5 Å². The normalized spacial score (nSPS) is 15.1. The van der Waals surface area contributed by atoms with Crippen LogP contribution in [0.4, 0.5) is 0 Å². The number of carbonyl (C=O) groups excluding carboxylic acids is 14. The Bertz CT molecular complexity index is 3120. The zero-order valence-electron chi connectivity index (χ0n) is 64.3. The summed E-state index contributed by atoms with van der Waals surface area (Å²) in [6, 6.07) is -8.95. The molecule has 0 aromatic heterocycles. The Morgan fingerprint density at radius 2 is 0.833 bits per heavy atom. The Labute approximate surface area is 632 Å². The summed E-state index contributed by atoms with van der Waals surface area (Å²) in [6.45, 7) is 16.4. The monoisotopic (exact) mass is 1530 g/mol. The second-order valence-corrected chi connectivity index (χ2v) is 28.5. The van der Waals surface area contributed by atoms with Gasteiger partial charge in [0.15, 0.2) is 5.96 Å². The molecule has 1 rings (SSSR count). The molecule has 0 bridgehead atoms. The van der Waals surface area contributed by atoms with Crippen LogP contribution in [0.1, 0.15) is 178 Å². The Hall–Kier alpha value is -9.62. The maximum Gasteiger partial charge on any atom is 0.305 e. The molecule has 108 heavy (non-hydrogen) atoms. The van der Waals surface area contributed by atoms with Gasteiger partial charge in [0.1, 0.15) is 66.5 Å². The van der Waals surface area contributed by atoms with Gasteiger partial charge in [0.25, 0.3) is 0 Å². The van der Waals surface area contributed by atoms with Gasteiger partial charge < -0.3 is 114 Å². The van der Waals surface area contributed by atoms with Crippen LogP contribution in [0.3, 0.4) is 0 Å². The van der Waals surface area contributed by atoms with Crippen LogP contribution < -0.4 is 104 Å². The minimum atomic E-state index is -2.02. The van der Waals surface area contributed by atoms with Gasteiger partial charge in [0, 0.05) is 19.4 Å². The second-order valence-electron chi connectivity index (χ2n) is 28.5. The maximum absolute atomic E-state index is 14.6. The van der Waals surface area contributed by atoms with Crippen molar-refractivity contribution in [2.24, 2.45) is 74.7 Å². The molecule has 0 heterocycles. The number of carboxylic acid groups (broad SMARTS) is 1. The number of aliphatic hydroxyl groups excluding tert-OH is 1. The highest BCUT2D eigenvalue weighted by molar-refractivity contribution is 6.00. The lowest BCUT2D eigenvalue weighted by Gasteiger charge is -2.29. The van der Waals surface area contributed by atoms with Crippen molar-refractivity contribution < 1.29 is 82.1 Å². The van der Waals surface area contributed by atoms with Gasteiger partial charge in [-0.05, 0) is 125 Å². The van der Waals surface area contributed by atoms with Gasteiger partial charge >= 0.3 is 5.97 Å². The number of benzene rings is 1. The number of aliphatic carboxylic acids is 1. The van der Waals surface area contributed by atoms with Crippen molar-refractivity contribution in [3.63, 3.8) is 0 Å². The maximum atomic E-state index is 14.6. The molecule has 28 N–H and O–H groups in total. The van der Waals surface area contributed by atoms with Crippen LogP contribution >= 0.6 is 0 Å². The molecular formula is C71H124N20O17. The number of nitrogens with zero attached hydrogens (tertiary/aromatic N) is 1. The highest BCUT2D eigenvalue weighted by Gasteiger charge is 2.38. The largest absolute Gasteiger partial charge is 0.481 e. The van der Waals surface area contributed by atoms with Crippen LogP contribution in [0.2, 0.25) is 0 Å². The number of amides is 14. The minimum Gasteiger partial charge on any atom is -0.481 e. The summed E-state index contributed by atoms with van der Waals surface area (Å²) in [6.07, 6.45) is 0.620. The summed E-state index contributed by atoms with van der Waals surface area (Å²) < 4.78 is 0. The predicted molar refractivity (Wildman–Crippen MR) is 402 cm³/mol. The smallest absolute Gasteiger partial charge is 0.305 e. The van der Waals surface area contributed by atoms with Gasteiger partial charge in [-0.25, -0.2) is 0 Å². The molecule has 37 heteroatoms. The highest BCUT2D eigenvalue weighted by Crippen LogP contribution is 2.16. The van der Waals surface area contributed by atoms with Gasteiger partial charge in [-0.3, -0.25) is 76.9 Å². The van der Waals surface area contributed by atoms with E-state index in [2.05, 4.69) is 68.8 Å². The molecule has 0 saturated heterocycles. The number of aliphatic hydroxyl groups is 1. The molecule has 37 nitrogen and oxygen atoms in total. The first-order valence-corrected chi connectivity index (χ1v) is 37.1. The molecule has 0 fully saturated rings. The summed E-state index contributed by atoms with van der Waals surface area (Å²) >= 11 is 0. The lowest BCUT2D eigenvalue weighted by Crippen LogP contribution is -2.61. The molecule has 0 radical (unpaired) electrons. The van der Waals surface area contributed by atoms with Crippen molar-refractivity contribution in [1.82, 2.24) is 63.8 Å². The average Bonchev–Trinajstić information content (AvgIpc) is 0.850. The molecule has 0 aliphatic rings. The van der Waals surface area contributed by atoms with Crippen LogP contribution in [-0.4, -0.2) is 210 Å². The van der Waals surface area contributed by atoms with Crippen LogP contribution in [0.25, 0.3) is 0 Å². The first kappa shape index (κ1) is 96.4. The number of primary amides is 2. The first-order chi connectivity index (χ1) is 50.8. The van der Waals surface area contributed by atoms with E-state index in [-0.39, 0.29) is 88.3 Å². The lowest BCUT2D eigenvalue weighted by atomic mass is 9.96. The summed E-state index contributed by atoms with van der Waals surface area (Å²) in [5, 5.41) is 51.0. The van der Waals surface area contributed by atoms with Crippen molar-refractivity contribution in [2.75, 3.05) is 32.8 Å². The fourth-order valence-corrected chi connectivity index (χ4v) is 11.1. The topological polar surface area (TPSA) is 635 Å². The number of unbranched alkanes of at least 4 members (excludes halogenated alkanes) is 2. The Balaban J connectivity index is 3.58. The average molecular weight is 1530 g/mol.